The number of benzene rings is 3. The van der Waals surface area contributed by atoms with Crippen LogP contribution in [0.25, 0.3) is 0 Å². The van der Waals surface area contributed by atoms with E-state index < -0.39 is 0 Å². The summed E-state index contributed by atoms with van der Waals surface area (Å²) in [6.45, 7) is 5.40. The molecule has 0 aliphatic heterocycles. The Morgan fingerprint density at radius 3 is 2.23 bits per heavy atom. The minimum atomic E-state index is 0.182. The number of hydrogen-bond acceptors (Lipinski definition) is 3. The summed E-state index contributed by atoms with van der Waals surface area (Å²) in [6, 6.07) is 26.4. The fourth-order valence-electron chi connectivity index (χ4n) is 2.61. The van der Waals surface area contributed by atoms with Crippen LogP contribution in [0.2, 0.25) is 0 Å². The van der Waals surface area contributed by atoms with Crippen molar-refractivity contribution in [1.29, 1.82) is 0 Å². The van der Waals surface area contributed by atoms with Gasteiger partial charge in [0.25, 0.3) is 0 Å². The van der Waals surface area contributed by atoms with Gasteiger partial charge >= 0.3 is 0 Å². The van der Waals surface area contributed by atoms with Gasteiger partial charge in [-0.3, -0.25) is 0 Å². The molecule has 0 bridgehead atoms. The average molecular weight is 347 g/mol. The fraction of sp³-hybridized carbons (Fsp3) is 0.217. The molecule has 0 saturated carbocycles. The topological polar surface area (TPSA) is 30.5 Å². The zero-order valence-corrected chi connectivity index (χ0v) is 15.3. The predicted octanol–water partition coefficient (Wildman–Crippen LogP) is 5.66. The van der Waals surface area contributed by atoms with E-state index in [9.17, 15) is 0 Å². The highest BCUT2D eigenvalue weighted by Crippen LogP contribution is 2.19. The molecule has 0 radical (unpaired) electrons. The average Bonchev–Trinajstić information content (AvgIpc) is 2.66. The van der Waals surface area contributed by atoms with Crippen molar-refractivity contribution in [3.63, 3.8) is 0 Å². The summed E-state index contributed by atoms with van der Waals surface area (Å²) in [5.74, 6) is 1.77. The molecule has 0 saturated heterocycles. The second kappa shape index (κ2) is 8.95. The van der Waals surface area contributed by atoms with Gasteiger partial charge in [0.1, 0.15) is 18.1 Å². The zero-order valence-electron chi connectivity index (χ0n) is 15.3. The summed E-state index contributed by atoms with van der Waals surface area (Å²) < 4.78 is 11.6. The molecule has 3 nitrogen and oxygen atoms in total. The lowest BCUT2D eigenvalue weighted by Gasteiger charge is -2.12. The van der Waals surface area contributed by atoms with E-state index in [0.717, 1.165) is 29.3 Å². The van der Waals surface area contributed by atoms with Crippen molar-refractivity contribution in [2.75, 3.05) is 5.32 Å². The Kier molecular flexibility index (Phi) is 6.15. The van der Waals surface area contributed by atoms with Gasteiger partial charge in [0.15, 0.2) is 0 Å². The van der Waals surface area contributed by atoms with Crippen LogP contribution in [0.1, 0.15) is 25.0 Å². The van der Waals surface area contributed by atoms with E-state index in [1.807, 2.05) is 68.4 Å². The smallest absolute Gasteiger partial charge is 0.120 e. The maximum absolute atomic E-state index is 5.82. The molecule has 0 aromatic heterocycles. The van der Waals surface area contributed by atoms with E-state index >= 15 is 0 Å². The van der Waals surface area contributed by atoms with Gasteiger partial charge in [0.05, 0.1) is 6.10 Å². The van der Waals surface area contributed by atoms with Crippen LogP contribution in [0.15, 0.2) is 78.9 Å². The highest BCUT2D eigenvalue weighted by atomic mass is 16.5. The van der Waals surface area contributed by atoms with Crippen LogP contribution in [0, 0.1) is 0 Å². The first-order chi connectivity index (χ1) is 12.7. The first-order valence-corrected chi connectivity index (χ1v) is 8.95. The molecule has 3 heteroatoms. The minimum absolute atomic E-state index is 0.182. The molecule has 0 fully saturated rings. The predicted molar refractivity (Wildman–Crippen MR) is 107 cm³/mol. The molecule has 3 rings (SSSR count). The lowest BCUT2D eigenvalue weighted by molar-refractivity contribution is 0.242. The Bertz CT molecular complexity index is 798. The van der Waals surface area contributed by atoms with Gasteiger partial charge in [-0.15, -0.1) is 0 Å². The highest BCUT2D eigenvalue weighted by Gasteiger charge is 2.01. The largest absolute Gasteiger partial charge is 0.491 e. The van der Waals surface area contributed by atoms with Gasteiger partial charge in [-0.25, -0.2) is 0 Å². The molecular weight excluding hydrogens is 322 g/mol. The van der Waals surface area contributed by atoms with Crippen molar-refractivity contribution in [3.8, 4) is 11.5 Å². The van der Waals surface area contributed by atoms with Crippen molar-refractivity contribution < 1.29 is 9.47 Å². The third-order valence-corrected chi connectivity index (χ3v) is 3.87. The van der Waals surface area contributed by atoms with Crippen molar-refractivity contribution in [2.24, 2.45) is 0 Å². The van der Waals surface area contributed by atoms with E-state index in [2.05, 4.69) is 29.6 Å². The summed E-state index contributed by atoms with van der Waals surface area (Å²) in [5, 5.41) is 3.43. The van der Waals surface area contributed by atoms with Crippen LogP contribution < -0.4 is 14.8 Å². The van der Waals surface area contributed by atoms with Gasteiger partial charge in [0, 0.05) is 12.2 Å². The second-order valence-electron chi connectivity index (χ2n) is 6.47. The molecule has 0 spiro atoms. The van der Waals surface area contributed by atoms with Crippen LogP contribution in [0.4, 0.5) is 5.69 Å². The maximum atomic E-state index is 5.82. The first kappa shape index (κ1) is 17.9. The van der Waals surface area contributed by atoms with Gasteiger partial charge in [0.2, 0.25) is 0 Å². The molecule has 26 heavy (non-hydrogen) atoms. The minimum Gasteiger partial charge on any atom is -0.491 e. The maximum Gasteiger partial charge on any atom is 0.120 e. The molecule has 0 aliphatic rings. The van der Waals surface area contributed by atoms with Gasteiger partial charge in [-0.05, 0) is 61.4 Å². The number of hydrogen-bond donors (Lipinski definition) is 1. The number of nitrogens with one attached hydrogen (secondary N) is 1. The van der Waals surface area contributed by atoms with Gasteiger partial charge < -0.3 is 14.8 Å². The standard InChI is InChI=1S/C23H25NO2/c1-18(2)26-23-10-6-9-20(15-23)16-24-21-11-13-22(14-12-21)25-17-19-7-4-3-5-8-19/h3-15,18,24H,16-17H2,1-2H3. The van der Waals surface area contributed by atoms with Crippen LogP contribution in [0.3, 0.4) is 0 Å². The lowest BCUT2D eigenvalue weighted by atomic mass is 10.2. The Labute approximate surface area is 155 Å². The molecule has 3 aromatic rings. The highest BCUT2D eigenvalue weighted by molar-refractivity contribution is 5.47. The van der Waals surface area contributed by atoms with Crippen molar-refractivity contribution in [1.82, 2.24) is 0 Å². The third-order valence-electron chi connectivity index (χ3n) is 3.87. The number of ether oxygens (including phenoxy) is 2. The number of rotatable bonds is 8. The molecule has 134 valence electrons. The fourth-order valence-corrected chi connectivity index (χ4v) is 2.61. The molecule has 0 heterocycles. The van der Waals surface area contributed by atoms with Crippen LogP contribution in [-0.4, -0.2) is 6.10 Å². The van der Waals surface area contributed by atoms with Crippen LogP contribution in [-0.2, 0) is 13.2 Å². The van der Waals surface area contributed by atoms with E-state index in [-0.39, 0.29) is 6.10 Å². The molecule has 3 aromatic carbocycles. The lowest BCUT2D eigenvalue weighted by Crippen LogP contribution is -2.06. The second-order valence-corrected chi connectivity index (χ2v) is 6.47. The van der Waals surface area contributed by atoms with Crippen LogP contribution in [0.5, 0.6) is 11.5 Å². The van der Waals surface area contributed by atoms with E-state index in [4.69, 9.17) is 9.47 Å². The summed E-state index contributed by atoms with van der Waals surface area (Å²) in [5.41, 5.74) is 3.41. The SMILES string of the molecule is CC(C)Oc1cccc(CNc2ccc(OCc3ccccc3)cc2)c1. The van der Waals surface area contributed by atoms with Crippen molar-refractivity contribution in [2.45, 2.75) is 33.1 Å². The summed E-state index contributed by atoms with van der Waals surface area (Å²) in [7, 11) is 0. The monoisotopic (exact) mass is 347 g/mol. The molecular formula is C23H25NO2. The Hall–Kier alpha value is -2.94. The molecule has 0 aliphatic carbocycles. The summed E-state index contributed by atoms with van der Waals surface area (Å²) in [4.78, 5) is 0. The molecule has 1 N–H and O–H groups in total. The van der Waals surface area contributed by atoms with E-state index in [1.165, 1.54) is 5.56 Å². The van der Waals surface area contributed by atoms with Gasteiger partial charge in [-0.2, -0.15) is 0 Å². The Balaban J connectivity index is 1.51. The first-order valence-electron chi connectivity index (χ1n) is 8.95. The van der Waals surface area contributed by atoms with Crippen molar-refractivity contribution in [3.05, 3.63) is 90.0 Å². The van der Waals surface area contributed by atoms with E-state index in [0.29, 0.717) is 6.61 Å². The summed E-state index contributed by atoms with van der Waals surface area (Å²) in [6.07, 6.45) is 0.182. The molecule has 0 atom stereocenters. The quantitative estimate of drug-likeness (QED) is 0.570. The van der Waals surface area contributed by atoms with Crippen molar-refractivity contribution >= 4 is 5.69 Å². The zero-order chi connectivity index (χ0) is 18.2. The number of anilines is 1. The third kappa shape index (κ3) is 5.55. The Morgan fingerprint density at radius 2 is 1.50 bits per heavy atom. The molecule has 0 unspecified atom stereocenters. The molecule has 0 amide bonds. The normalized spacial score (nSPS) is 10.6. The van der Waals surface area contributed by atoms with E-state index in [1.54, 1.807) is 0 Å². The summed E-state index contributed by atoms with van der Waals surface area (Å²) >= 11 is 0. The van der Waals surface area contributed by atoms with Crippen LogP contribution >= 0.6 is 0 Å². The Morgan fingerprint density at radius 1 is 0.769 bits per heavy atom. The van der Waals surface area contributed by atoms with Gasteiger partial charge in [-0.1, -0.05) is 42.5 Å².